The molecule has 0 aliphatic heterocycles. The molecule has 2 radical (unpaired) electrons. The Morgan fingerprint density at radius 2 is 1.13 bits per heavy atom. The fraction of sp³-hybridized carbons (Fsp3) is 0.857. The van der Waals surface area contributed by atoms with Crippen LogP contribution in [0.25, 0.3) is 0 Å². The third-order valence-corrected chi connectivity index (χ3v) is 2.72. The smallest absolute Gasteiger partial charge is 0 e. The van der Waals surface area contributed by atoms with Gasteiger partial charge in [0.15, 0.2) is 0 Å². The molecule has 0 rings (SSSR count). The summed E-state index contributed by atoms with van der Waals surface area (Å²) >= 11 is 0. The Kier molecular flexibility index (Phi) is 20.1. The Bertz CT molecular complexity index is 110. The molecule has 0 aromatic carbocycles. The second-order valence-electron chi connectivity index (χ2n) is 4.21. The molecule has 0 spiro atoms. The Morgan fingerprint density at radius 3 is 1.53 bits per heavy atom. The number of rotatable bonds is 11. The quantitative estimate of drug-likeness (QED) is 0.359. The van der Waals surface area contributed by atoms with Crippen LogP contribution in [0.3, 0.4) is 0 Å². The van der Waals surface area contributed by atoms with Crippen LogP contribution in [-0.4, -0.2) is 0 Å². The van der Waals surface area contributed by atoms with Gasteiger partial charge in [0.25, 0.3) is 0 Å². The van der Waals surface area contributed by atoms with Crippen LogP contribution in [0.15, 0.2) is 6.08 Å². The number of hydrogen-bond donors (Lipinski definition) is 0. The van der Waals surface area contributed by atoms with Gasteiger partial charge in [-0.1, -0.05) is 77.4 Å². The van der Waals surface area contributed by atoms with Crippen molar-refractivity contribution in [3.05, 3.63) is 12.7 Å². The van der Waals surface area contributed by atoms with Crippen molar-refractivity contribution in [1.82, 2.24) is 0 Å². The SMILES string of the molecule is [Ag].[CH]=CCCCCCCCCCCCC. The predicted molar refractivity (Wildman–Crippen MR) is 65.3 cm³/mol. The number of unbranched alkanes of at least 4 members (excludes halogenated alkanes) is 10. The summed E-state index contributed by atoms with van der Waals surface area (Å²) in [4.78, 5) is 0. The van der Waals surface area contributed by atoms with Gasteiger partial charge < -0.3 is 0 Å². The topological polar surface area (TPSA) is 0 Å². The first-order valence-corrected chi connectivity index (χ1v) is 6.45. The Balaban J connectivity index is 0. The molecule has 0 unspecified atom stereocenters. The molecule has 1 heteroatoms. The average Bonchev–Trinajstić information content (AvgIpc) is 2.21. The Hall–Kier alpha value is 0.480. The molecule has 0 amide bonds. The van der Waals surface area contributed by atoms with E-state index in [1.54, 1.807) is 6.08 Å². The first-order chi connectivity index (χ1) is 6.91. The average molecular weight is 303 g/mol. The van der Waals surface area contributed by atoms with Crippen molar-refractivity contribution in [2.24, 2.45) is 0 Å². The summed E-state index contributed by atoms with van der Waals surface area (Å²) in [5.41, 5.74) is 0. The van der Waals surface area contributed by atoms with E-state index in [1.165, 1.54) is 64.2 Å². The van der Waals surface area contributed by atoms with Crippen LogP contribution in [-0.2, 0) is 22.4 Å². The first-order valence-electron chi connectivity index (χ1n) is 6.45. The van der Waals surface area contributed by atoms with Crippen LogP contribution in [0.5, 0.6) is 0 Å². The number of allylic oxidation sites excluding steroid dienone is 1. The summed E-state index contributed by atoms with van der Waals surface area (Å²) in [5, 5.41) is 0. The van der Waals surface area contributed by atoms with Gasteiger partial charge in [0.05, 0.1) is 0 Å². The summed E-state index contributed by atoms with van der Waals surface area (Å²) in [6, 6.07) is 0. The molecule has 0 saturated heterocycles. The fourth-order valence-electron chi connectivity index (χ4n) is 1.75. The molecule has 0 N–H and O–H groups in total. The van der Waals surface area contributed by atoms with Crippen LogP contribution in [0.1, 0.15) is 77.6 Å². The fourth-order valence-corrected chi connectivity index (χ4v) is 1.75. The van der Waals surface area contributed by atoms with Crippen molar-refractivity contribution < 1.29 is 22.4 Å². The van der Waals surface area contributed by atoms with E-state index in [0.717, 1.165) is 6.42 Å². The monoisotopic (exact) mass is 302 g/mol. The third-order valence-electron chi connectivity index (χ3n) is 2.72. The van der Waals surface area contributed by atoms with Gasteiger partial charge in [0.2, 0.25) is 0 Å². The maximum absolute atomic E-state index is 5.31. The minimum atomic E-state index is 0. The van der Waals surface area contributed by atoms with Crippen molar-refractivity contribution in [3.8, 4) is 0 Å². The Morgan fingerprint density at radius 1 is 0.733 bits per heavy atom. The maximum atomic E-state index is 5.31. The van der Waals surface area contributed by atoms with Crippen LogP contribution < -0.4 is 0 Å². The van der Waals surface area contributed by atoms with Gasteiger partial charge in [-0.25, -0.2) is 0 Å². The van der Waals surface area contributed by atoms with Crippen LogP contribution >= 0.6 is 0 Å². The molecule has 15 heavy (non-hydrogen) atoms. The molecule has 0 aliphatic carbocycles. The van der Waals surface area contributed by atoms with Gasteiger partial charge >= 0.3 is 0 Å². The minimum Gasteiger partial charge on any atom is -0.0845 e. The van der Waals surface area contributed by atoms with Gasteiger partial charge in [-0.15, -0.1) is 0 Å². The van der Waals surface area contributed by atoms with Crippen molar-refractivity contribution in [1.29, 1.82) is 0 Å². The molecule has 0 aromatic rings. The van der Waals surface area contributed by atoms with Crippen LogP contribution in [0, 0.1) is 6.58 Å². The molecular weight excluding hydrogens is 276 g/mol. The maximum Gasteiger partial charge on any atom is 0 e. The summed E-state index contributed by atoms with van der Waals surface area (Å²) in [6.45, 7) is 7.58. The van der Waals surface area contributed by atoms with Crippen molar-refractivity contribution in [3.63, 3.8) is 0 Å². The zero-order valence-electron chi connectivity index (χ0n) is 10.2. The molecule has 0 saturated carbocycles. The van der Waals surface area contributed by atoms with E-state index in [1.807, 2.05) is 0 Å². The van der Waals surface area contributed by atoms with Gasteiger partial charge in [0, 0.05) is 22.4 Å². The van der Waals surface area contributed by atoms with Crippen molar-refractivity contribution >= 4 is 0 Å². The molecular formula is C14H27Ag. The molecule has 94 valence electrons. The Labute approximate surface area is 112 Å². The molecule has 0 bridgehead atoms. The summed E-state index contributed by atoms with van der Waals surface area (Å²) in [7, 11) is 0. The summed E-state index contributed by atoms with van der Waals surface area (Å²) in [5.74, 6) is 0. The normalized spacial score (nSPS) is 9.67. The van der Waals surface area contributed by atoms with E-state index in [0.29, 0.717) is 0 Å². The van der Waals surface area contributed by atoms with Crippen LogP contribution in [0.4, 0.5) is 0 Å². The van der Waals surface area contributed by atoms with Gasteiger partial charge in [-0.2, -0.15) is 0 Å². The largest absolute Gasteiger partial charge is 0.0845 e. The zero-order chi connectivity index (χ0) is 10.5. The van der Waals surface area contributed by atoms with E-state index < -0.39 is 0 Å². The van der Waals surface area contributed by atoms with E-state index in [9.17, 15) is 0 Å². The third kappa shape index (κ3) is 17.1. The first kappa shape index (κ1) is 17.9. The second-order valence-corrected chi connectivity index (χ2v) is 4.21. The molecule has 0 heterocycles. The van der Waals surface area contributed by atoms with E-state index in [4.69, 9.17) is 6.58 Å². The van der Waals surface area contributed by atoms with Gasteiger partial charge in [0.1, 0.15) is 0 Å². The second kappa shape index (κ2) is 16.9. The molecule has 0 fully saturated rings. The van der Waals surface area contributed by atoms with Gasteiger partial charge in [-0.05, 0) is 12.8 Å². The summed E-state index contributed by atoms with van der Waals surface area (Å²) < 4.78 is 0. The zero-order valence-corrected chi connectivity index (χ0v) is 11.7. The van der Waals surface area contributed by atoms with E-state index in [-0.39, 0.29) is 22.4 Å². The van der Waals surface area contributed by atoms with E-state index >= 15 is 0 Å². The van der Waals surface area contributed by atoms with Crippen molar-refractivity contribution in [2.45, 2.75) is 77.6 Å². The summed E-state index contributed by atoms with van der Waals surface area (Å²) in [6.07, 6.45) is 16.9. The molecule has 0 nitrogen and oxygen atoms in total. The van der Waals surface area contributed by atoms with E-state index in [2.05, 4.69) is 6.92 Å². The standard InChI is InChI=1S/C14H27.Ag/c1-3-5-7-9-11-13-14-12-10-8-6-4-2;/h1,3H,4-14H2,2H3;. The minimum absolute atomic E-state index is 0. The van der Waals surface area contributed by atoms with Crippen LogP contribution in [0.2, 0.25) is 0 Å². The van der Waals surface area contributed by atoms with Crippen molar-refractivity contribution in [2.75, 3.05) is 0 Å². The molecule has 0 aliphatic rings. The number of hydrogen-bond acceptors (Lipinski definition) is 0. The molecule has 0 aromatic heterocycles. The molecule has 0 atom stereocenters. The van der Waals surface area contributed by atoms with Gasteiger partial charge in [-0.3, -0.25) is 0 Å². The predicted octanol–water partition coefficient (Wildman–Crippen LogP) is 5.28.